The Bertz CT molecular complexity index is 897. The second-order valence-corrected chi connectivity index (χ2v) is 13.7. The minimum atomic E-state index is -0.405. The van der Waals surface area contributed by atoms with Crippen LogP contribution in [0.5, 0.6) is 11.5 Å². The average molecular weight is 501 g/mol. The van der Waals surface area contributed by atoms with Gasteiger partial charge >= 0.3 is 0 Å². The summed E-state index contributed by atoms with van der Waals surface area (Å²) in [6.45, 7) is 8.39. The van der Waals surface area contributed by atoms with Crippen LogP contribution in [0.15, 0.2) is 36.4 Å². The second-order valence-electron chi connectivity index (χ2n) is 10.6. The van der Waals surface area contributed by atoms with Crippen molar-refractivity contribution in [2.75, 3.05) is 0 Å². The van der Waals surface area contributed by atoms with Crippen molar-refractivity contribution < 1.29 is 9.47 Å². The third-order valence-corrected chi connectivity index (χ3v) is 11.0. The van der Waals surface area contributed by atoms with Crippen molar-refractivity contribution >= 4 is 24.8 Å². The van der Waals surface area contributed by atoms with Crippen LogP contribution in [0.1, 0.15) is 91.9 Å². The van der Waals surface area contributed by atoms with Crippen molar-refractivity contribution in [3.05, 3.63) is 41.4 Å². The van der Waals surface area contributed by atoms with Gasteiger partial charge in [-0.1, -0.05) is 88.4 Å². The zero-order chi connectivity index (χ0) is 24.1. The van der Waals surface area contributed by atoms with E-state index < -0.39 is 7.92 Å². The Morgan fingerprint density at radius 3 is 1.74 bits per heavy atom. The fraction of sp³-hybridized carbons (Fsp3) is 0.600. The molecule has 4 rings (SSSR count). The maximum Gasteiger partial charge on any atom is 0.180 e. The van der Waals surface area contributed by atoms with Gasteiger partial charge in [-0.2, -0.15) is 0 Å². The van der Waals surface area contributed by atoms with Gasteiger partial charge in [0.05, 0.1) is 17.2 Å². The molecule has 2 aliphatic rings. The maximum absolute atomic E-state index is 6.96. The molecule has 2 saturated carbocycles. The minimum absolute atomic E-state index is 0.0398. The van der Waals surface area contributed by atoms with E-state index in [0.717, 1.165) is 22.8 Å². The van der Waals surface area contributed by atoms with Crippen LogP contribution < -0.4 is 14.8 Å². The highest BCUT2D eigenvalue weighted by molar-refractivity contribution is 7.67. The zero-order valence-electron chi connectivity index (χ0n) is 21.5. The van der Waals surface area contributed by atoms with Crippen LogP contribution in [0.3, 0.4) is 0 Å². The van der Waals surface area contributed by atoms with E-state index in [1.807, 2.05) is 0 Å². The lowest BCUT2D eigenvalue weighted by Crippen LogP contribution is -2.29. The van der Waals surface area contributed by atoms with Crippen LogP contribution in [0.2, 0.25) is 5.02 Å². The molecule has 2 aliphatic carbocycles. The van der Waals surface area contributed by atoms with Crippen LogP contribution in [-0.2, 0) is 0 Å². The molecule has 0 N–H and O–H groups in total. The third-order valence-electron chi connectivity index (χ3n) is 7.15. The Hall–Kier alpha value is -1.24. The summed E-state index contributed by atoms with van der Waals surface area (Å²) in [6.07, 6.45) is 13.7. The van der Waals surface area contributed by atoms with Crippen molar-refractivity contribution in [3.8, 4) is 22.6 Å². The van der Waals surface area contributed by atoms with Gasteiger partial charge in [0.1, 0.15) is 0 Å². The summed E-state index contributed by atoms with van der Waals surface area (Å²) in [5.41, 5.74) is 4.02. The van der Waals surface area contributed by atoms with Gasteiger partial charge < -0.3 is 9.47 Å². The van der Waals surface area contributed by atoms with Crippen molar-refractivity contribution in [2.45, 2.75) is 115 Å². The van der Waals surface area contributed by atoms with E-state index in [1.165, 1.54) is 80.6 Å². The monoisotopic (exact) mass is 500 g/mol. The summed E-state index contributed by atoms with van der Waals surface area (Å²) in [6, 6.07) is 13.0. The summed E-state index contributed by atoms with van der Waals surface area (Å²) in [7, 11) is -0.405. The first-order valence-corrected chi connectivity index (χ1v) is 15.3. The third kappa shape index (κ3) is 6.11. The normalized spacial score (nSPS) is 18.1. The van der Waals surface area contributed by atoms with Crippen molar-refractivity contribution in [2.24, 2.45) is 0 Å². The summed E-state index contributed by atoms with van der Waals surface area (Å²) >= 11 is 6.96. The second kappa shape index (κ2) is 12.1. The smallest absolute Gasteiger partial charge is 0.180 e. The van der Waals surface area contributed by atoms with Crippen LogP contribution in [0.4, 0.5) is 0 Å². The predicted octanol–water partition coefficient (Wildman–Crippen LogP) is 9.35. The lowest BCUT2D eigenvalue weighted by atomic mass is 9.99. The molecule has 0 bridgehead atoms. The standard InChI is InChI=1S/C30H42ClO2P/c1-21(2)32-28-27(31)20-26(23-14-8-5-9-15-23)30(29(28)33-22(3)4)34(24-16-10-6-11-17-24)25-18-12-7-13-19-25/h5,8-9,14-15,20-22,24-25H,6-7,10-13,16-19H2,1-4H3. The quantitative estimate of drug-likeness (QED) is 0.336. The number of hydrogen-bond donors (Lipinski definition) is 0. The maximum atomic E-state index is 6.96. The molecule has 0 amide bonds. The van der Waals surface area contributed by atoms with Gasteiger partial charge in [0.2, 0.25) is 0 Å². The number of benzene rings is 2. The van der Waals surface area contributed by atoms with Gasteiger partial charge in [-0.3, -0.25) is 0 Å². The molecular formula is C30H42ClO2P. The Morgan fingerprint density at radius 1 is 0.735 bits per heavy atom. The molecule has 2 fully saturated rings. The number of hydrogen-bond acceptors (Lipinski definition) is 2. The van der Waals surface area contributed by atoms with Gasteiger partial charge in [0.15, 0.2) is 11.5 Å². The number of halogens is 1. The molecule has 0 saturated heterocycles. The molecule has 2 aromatic rings. The number of ether oxygens (including phenoxy) is 2. The lowest BCUT2D eigenvalue weighted by molar-refractivity contribution is 0.200. The minimum Gasteiger partial charge on any atom is -0.486 e. The highest BCUT2D eigenvalue weighted by atomic mass is 35.5. The molecule has 0 heterocycles. The van der Waals surface area contributed by atoms with Crippen LogP contribution in [0.25, 0.3) is 11.1 Å². The predicted molar refractivity (Wildman–Crippen MR) is 149 cm³/mol. The van der Waals surface area contributed by atoms with E-state index >= 15 is 0 Å². The van der Waals surface area contributed by atoms with Crippen LogP contribution >= 0.6 is 19.5 Å². The lowest BCUT2D eigenvalue weighted by Gasteiger charge is -2.41. The largest absolute Gasteiger partial charge is 0.486 e. The highest BCUT2D eigenvalue weighted by Gasteiger charge is 2.38. The Morgan fingerprint density at radius 2 is 1.24 bits per heavy atom. The van der Waals surface area contributed by atoms with Crippen LogP contribution in [-0.4, -0.2) is 23.5 Å². The van der Waals surface area contributed by atoms with Crippen molar-refractivity contribution in [1.82, 2.24) is 0 Å². The highest BCUT2D eigenvalue weighted by Crippen LogP contribution is 2.59. The summed E-state index contributed by atoms with van der Waals surface area (Å²) < 4.78 is 13.1. The van der Waals surface area contributed by atoms with E-state index in [1.54, 1.807) is 0 Å². The fourth-order valence-corrected chi connectivity index (χ4v) is 10.0. The molecule has 0 spiro atoms. The molecule has 4 heteroatoms. The Balaban J connectivity index is 1.98. The summed E-state index contributed by atoms with van der Waals surface area (Å²) in [5.74, 6) is 1.68. The van der Waals surface area contributed by atoms with Crippen molar-refractivity contribution in [3.63, 3.8) is 0 Å². The summed E-state index contributed by atoms with van der Waals surface area (Å²) in [5, 5.41) is 2.09. The molecule has 0 radical (unpaired) electrons. The average Bonchev–Trinajstić information content (AvgIpc) is 2.84. The Kier molecular flexibility index (Phi) is 9.22. The molecule has 186 valence electrons. The van der Waals surface area contributed by atoms with E-state index in [-0.39, 0.29) is 12.2 Å². The molecule has 0 unspecified atom stereocenters. The van der Waals surface area contributed by atoms with Crippen molar-refractivity contribution in [1.29, 1.82) is 0 Å². The van der Waals surface area contributed by atoms with Gasteiger partial charge in [-0.25, -0.2) is 0 Å². The fourth-order valence-electron chi connectivity index (χ4n) is 5.77. The van der Waals surface area contributed by atoms with Gasteiger partial charge in [0, 0.05) is 5.30 Å². The topological polar surface area (TPSA) is 18.5 Å². The first-order valence-electron chi connectivity index (χ1n) is 13.5. The van der Waals surface area contributed by atoms with E-state index in [2.05, 4.69) is 64.1 Å². The molecule has 34 heavy (non-hydrogen) atoms. The van der Waals surface area contributed by atoms with Gasteiger partial charge in [-0.05, 0) is 81.9 Å². The summed E-state index contributed by atoms with van der Waals surface area (Å²) in [4.78, 5) is 0. The molecule has 0 atom stereocenters. The molecular weight excluding hydrogens is 459 g/mol. The molecule has 2 aromatic carbocycles. The van der Waals surface area contributed by atoms with E-state index in [0.29, 0.717) is 5.02 Å². The number of rotatable bonds is 8. The molecule has 0 aromatic heterocycles. The van der Waals surface area contributed by atoms with Gasteiger partial charge in [0.25, 0.3) is 0 Å². The van der Waals surface area contributed by atoms with Gasteiger partial charge in [-0.15, -0.1) is 0 Å². The van der Waals surface area contributed by atoms with E-state index in [9.17, 15) is 0 Å². The first-order chi connectivity index (χ1) is 16.5. The molecule has 0 aliphatic heterocycles. The first kappa shape index (κ1) is 25.8. The Labute approximate surface area is 213 Å². The SMILES string of the molecule is CC(C)Oc1c(Cl)cc(-c2ccccc2)c(P(C2CCCCC2)C2CCCCC2)c1OC(C)C. The zero-order valence-corrected chi connectivity index (χ0v) is 23.1. The molecule has 2 nitrogen and oxygen atoms in total. The van der Waals surface area contributed by atoms with Crippen LogP contribution in [0, 0.1) is 0 Å². The van der Waals surface area contributed by atoms with E-state index in [4.69, 9.17) is 21.1 Å².